The Morgan fingerprint density at radius 1 is 1.22 bits per heavy atom. The van der Waals surface area contributed by atoms with Crippen LogP contribution >= 0.6 is 0 Å². The molecule has 2 amide bonds. The molecule has 0 unspecified atom stereocenters. The number of aromatic amines is 1. The van der Waals surface area contributed by atoms with Crippen molar-refractivity contribution >= 4 is 29.3 Å². The van der Waals surface area contributed by atoms with Gasteiger partial charge >= 0.3 is 0 Å². The number of aromatic nitrogens is 2. The van der Waals surface area contributed by atoms with Gasteiger partial charge in [-0.25, -0.2) is 0 Å². The summed E-state index contributed by atoms with van der Waals surface area (Å²) in [5.74, 6) is -0.350. The number of H-pyrrole nitrogens is 1. The van der Waals surface area contributed by atoms with Crippen molar-refractivity contribution in [2.45, 2.75) is 57.9 Å². The second kappa shape index (κ2) is 9.42. The van der Waals surface area contributed by atoms with Crippen LogP contribution in [0.1, 0.15) is 57.4 Å². The van der Waals surface area contributed by atoms with Crippen molar-refractivity contribution in [1.29, 1.82) is 0 Å². The van der Waals surface area contributed by atoms with Crippen LogP contribution < -0.4 is 25.8 Å². The van der Waals surface area contributed by atoms with Crippen LogP contribution in [0.15, 0.2) is 29.1 Å². The number of amides is 2. The van der Waals surface area contributed by atoms with Gasteiger partial charge in [0, 0.05) is 24.7 Å². The Bertz CT molecular complexity index is 1050. The average molecular weight is 440 g/mol. The van der Waals surface area contributed by atoms with Crippen molar-refractivity contribution in [1.82, 2.24) is 9.97 Å². The van der Waals surface area contributed by atoms with Gasteiger partial charge in [-0.15, -0.1) is 0 Å². The van der Waals surface area contributed by atoms with Crippen LogP contribution in [-0.2, 0) is 9.59 Å². The molecule has 9 heteroatoms. The number of nitrogens with one attached hydrogen (secondary N) is 3. The van der Waals surface area contributed by atoms with Crippen LogP contribution in [0.3, 0.4) is 0 Å². The minimum absolute atomic E-state index is 0.110. The third-order valence-electron chi connectivity index (χ3n) is 6.06. The smallest absolute Gasteiger partial charge is 0.258 e. The maximum absolute atomic E-state index is 13.0. The molecular formula is C23H29N5O4. The highest BCUT2D eigenvalue weighted by Crippen LogP contribution is 2.32. The minimum Gasteiger partial charge on any atom is -0.494 e. The van der Waals surface area contributed by atoms with Crippen LogP contribution in [0.2, 0.25) is 0 Å². The molecule has 1 saturated heterocycles. The van der Waals surface area contributed by atoms with E-state index in [0.717, 1.165) is 32.2 Å². The highest BCUT2D eigenvalue weighted by Gasteiger charge is 2.35. The van der Waals surface area contributed by atoms with E-state index in [1.807, 2.05) is 6.92 Å². The summed E-state index contributed by atoms with van der Waals surface area (Å²) in [5, 5.41) is 5.49. The van der Waals surface area contributed by atoms with E-state index in [4.69, 9.17) is 4.74 Å². The lowest BCUT2D eigenvalue weighted by atomic mass is 9.92. The first kappa shape index (κ1) is 21.9. The summed E-state index contributed by atoms with van der Waals surface area (Å²) in [6.45, 7) is 5.36. The fourth-order valence-corrected chi connectivity index (χ4v) is 4.45. The Labute approximate surface area is 186 Å². The number of anilines is 3. The molecule has 0 radical (unpaired) electrons. The van der Waals surface area contributed by atoms with E-state index in [1.54, 1.807) is 24.3 Å². The largest absolute Gasteiger partial charge is 0.494 e. The number of hydrogen-bond donors (Lipinski definition) is 3. The lowest BCUT2D eigenvalue weighted by Gasteiger charge is -2.36. The van der Waals surface area contributed by atoms with Crippen molar-refractivity contribution in [2.24, 2.45) is 0 Å². The van der Waals surface area contributed by atoms with E-state index in [0.29, 0.717) is 30.0 Å². The third-order valence-corrected chi connectivity index (χ3v) is 6.06. The zero-order chi connectivity index (χ0) is 22.7. The predicted molar refractivity (Wildman–Crippen MR) is 122 cm³/mol. The fourth-order valence-electron chi connectivity index (χ4n) is 4.45. The van der Waals surface area contributed by atoms with Crippen LogP contribution in [0.5, 0.6) is 5.75 Å². The van der Waals surface area contributed by atoms with Gasteiger partial charge in [0.1, 0.15) is 11.6 Å². The molecule has 2 atom stereocenters. The maximum atomic E-state index is 13.0. The van der Waals surface area contributed by atoms with Crippen molar-refractivity contribution < 1.29 is 14.3 Å². The van der Waals surface area contributed by atoms with Crippen LogP contribution in [-0.4, -0.2) is 41.0 Å². The van der Waals surface area contributed by atoms with E-state index < -0.39 is 17.4 Å². The van der Waals surface area contributed by atoms with Gasteiger partial charge < -0.3 is 20.3 Å². The van der Waals surface area contributed by atoms with Crippen LogP contribution in [0.25, 0.3) is 0 Å². The summed E-state index contributed by atoms with van der Waals surface area (Å²) >= 11 is 0. The lowest BCUT2D eigenvalue weighted by molar-refractivity contribution is -0.123. The molecule has 1 fully saturated rings. The Morgan fingerprint density at radius 3 is 2.72 bits per heavy atom. The van der Waals surface area contributed by atoms with E-state index >= 15 is 0 Å². The number of nitrogens with zero attached hydrogens (tertiary/aromatic N) is 2. The van der Waals surface area contributed by atoms with E-state index in [2.05, 4.69) is 32.4 Å². The molecule has 0 saturated carbocycles. The molecule has 2 aliphatic heterocycles. The molecule has 3 heterocycles. The summed E-state index contributed by atoms with van der Waals surface area (Å²) in [6, 6.07) is 7.25. The molecule has 0 bridgehead atoms. The summed E-state index contributed by atoms with van der Waals surface area (Å²) in [6.07, 6.45) is 4.05. The number of piperidine rings is 1. The van der Waals surface area contributed by atoms with Gasteiger partial charge in [0.15, 0.2) is 0 Å². The molecule has 2 aromatic rings. The van der Waals surface area contributed by atoms with Gasteiger partial charge in [0.05, 0.1) is 18.1 Å². The lowest BCUT2D eigenvalue weighted by Crippen LogP contribution is -2.43. The molecule has 0 aliphatic carbocycles. The quantitative estimate of drug-likeness (QED) is 0.637. The van der Waals surface area contributed by atoms with Crippen LogP contribution in [0, 0.1) is 0 Å². The number of hydrogen-bond acceptors (Lipinski definition) is 6. The van der Waals surface area contributed by atoms with Gasteiger partial charge in [0.2, 0.25) is 17.8 Å². The molecule has 170 valence electrons. The number of rotatable bonds is 6. The molecule has 1 aromatic heterocycles. The number of carbonyl (C=O) groups excluding carboxylic acids is 2. The first-order chi connectivity index (χ1) is 15.5. The van der Waals surface area contributed by atoms with Crippen molar-refractivity contribution in [3.8, 4) is 5.75 Å². The molecule has 9 nitrogen and oxygen atoms in total. The average Bonchev–Trinajstić information content (AvgIpc) is 2.79. The second-order valence-electron chi connectivity index (χ2n) is 8.15. The number of fused-ring (bicyclic) bond motifs is 1. The summed E-state index contributed by atoms with van der Waals surface area (Å²) in [5.41, 5.74) is 0.366. The molecular weight excluding hydrogens is 410 g/mol. The standard InChI is InChI=1S/C23H29N5O4/c1-3-15-7-5-6-12-28(15)23-26-20-19(22(31)27-23)17(13-18(29)25-20)21(30)24-14-8-10-16(11-9-14)32-4-2/h8-11,15,17H,3-7,12-13H2,1-2H3,(H,24,30)(H2,25,26,27,29,31)/t15-,17-/m1/s1. The van der Waals surface area contributed by atoms with E-state index in [-0.39, 0.29) is 23.7 Å². The maximum Gasteiger partial charge on any atom is 0.258 e. The first-order valence-corrected chi connectivity index (χ1v) is 11.2. The Hall–Kier alpha value is -3.36. The number of ether oxygens (including phenoxy) is 1. The Kier molecular flexibility index (Phi) is 6.43. The van der Waals surface area contributed by atoms with Gasteiger partial charge in [-0.05, 0) is 56.9 Å². The van der Waals surface area contributed by atoms with Gasteiger partial charge in [-0.1, -0.05) is 6.92 Å². The fraction of sp³-hybridized carbons (Fsp3) is 0.478. The second-order valence-corrected chi connectivity index (χ2v) is 8.15. The topological polar surface area (TPSA) is 116 Å². The monoisotopic (exact) mass is 439 g/mol. The summed E-state index contributed by atoms with van der Waals surface area (Å²) in [4.78, 5) is 47.9. The molecule has 4 rings (SSSR count). The molecule has 0 spiro atoms. The molecule has 3 N–H and O–H groups in total. The van der Waals surface area contributed by atoms with E-state index in [9.17, 15) is 14.4 Å². The summed E-state index contributed by atoms with van der Waals surface area (Å²) < 4.78 is 5.41. The van der Waals surface area contributed by atoms with Crippen LogP contribution in [0.4, 0.5) is 17.5 Å². The minimum atomic E-state index is -0.918. The Balaban J connectivity index is 1.60. The van der Waals surface area contributed by atoms with Gasteiger partial charge in [-0.3, -0.25) is 19.4 Å². The summed E-state index contributed by atoms with van der Waals surface area (Å²) in [7, 11) is 0. The van der Waals surface area contributed by atoms with Crippen molar-refractivity contribution in [2.75, 3.05) is 28.7 Å². The normalized spacial score (nSPS) is 20.3. The highest BCUT2D eigenvalue weighted by atomic mass is 16.5. The Morgan fingerprint density at radius 2 is 2.00 bits per heavy atom. The predicted octanol–water partition coefficient (Wildman–Crippen LogP) is 3.00. The van der Waals surface area contributed by atoms with Crippen molar-refractivity contribution in [3.05, 3.63) is 40.2 Å². The van der Waals surface area contributed by atoms with E-state index in [1.165, 1.54) is 0 Å². The number of carbonyl (C=O) groups is 2. The zero-order valence-corrected chi connectivity index (χ0v) is 18.4. The van der Waals surface area contributed by atoms with Crippen molar-refractivity contribution in [3.63, 3.8) is 0 Å². The number of benzene rings is 1. The van der Waals surface area contributed by atoms with Gasteiger partial charge in [-0.2, -0.15) is 4.98 Å². The van der Waals surface area contributed by atoms with Gasteiger partial charge in [0.25, 0.3) is 5.56 Å². The zero-order valence-electron chi connectivity index (χ0n) is 18.4. The highest BCUT2D eigenvalue weighted by molar-refractivity contribution is 6.04. The molecule has 1 aromatic carbocycles. The third kappa shape index (κ3) is 4.46. The molecule has 2 aliphatic rings. The SMILES string of the molecule is CCOc1ccc(NC(=O)[C@@H]2CC(=O)Nc3nc(N4CCCC[C@H]4CC)[nH]c(=O)c32)cc1. The first-order valence-electron chi connectivity index (χ1n) is 11.2. The molecule has 32 heavy (non-hydrogen) atoms.